The van der Waals surface area contributed by atoms with E-state index in [0.717, 1.165) is 12.5 Å². The first-order valence-corrected chi connectivity index (χ1v) is 5.27. The molecule has 1 N–H and O–H groups in total. The summed E-state index contributed by atoms with van der Waals surface area (Å²) in [6.07, 6.45) is 7.39. The van der Waals surface area contributed by atoms with Crippen molar-refractivity contribution >= 4 is 0 Å². The first kappa shape index (κ1) is 8.52. The second-order valence-corrected chi connectivity index (χ2v) is 4.12. The largest absolute Gasteiger partial charge is 0.378 e. The van der Waals surface area contributed by atoms with Gasteiger partial charge in [0.2, 0.25) is 0 Å². The maximum Gasteiger partial charge on any atom is 0.0575 e. The summed E-state index contributed by atoms with van der Waals surface area (Å²) in [5.74, 6) is 0.812. The van der Waals surface area contributed by atoms with Crippen LogP contribution in [-0.2, 0) is 4.74 Å². The smallest absolute Gasteiger partial charge is 0.0575 e. The Labute approximate surface area is 74.7 Å². The van der Waals surface area contributed by atoms with Gasteiger partial charge in [-0.1, -0.05) is 19.3 Å². The molecule has 2 nitrogen and oxygen atoms in total. The molecule has 1 aliphatic carbocycles. The second kappa shape index (κ2) is 4.24. The standard InChI is InChI=1S/C10H19NO/c1-2-4-10(5-3-1)12-8-9-6-11-7-9/h9-11H,1-8H2. The van der Waals surface area contributed by atoms with Crippen LogP contribution in [0.4, 0.5) is 0 Å². The van der Waals surface area contributed by atoms with Crippen molar-refractivity contribution in [2.75, 3.05) is 19.7 Å². The van der Waals surface area contributed by atoms with Crippen LogP contribution in [-0.4, -0.2) is 25.8 Å². The topological polar surface area (TPSA) is 21.3 Å². The van der Waals surface area contributed by atoms with Gasteiger partial charge in [-0.05, 0) is 12.8 Å². The molecule has 0 aromatic rings. The minimum atomic E-state index is 0.597. The number of hydrogen-bond donors (Lipinski definition) is 1. The van der Waals surface area contributed by atoms with Gasteiger partial charge in [0.25, 0.3) is 0 Å². The zero-order valence-corrected chi connectivity index (χ0v) is 7.72. The summed E-state index contributed by atoms with van der Waals surface area (Å²) in [6.45, 7) is 3.34. The maximum atomic E-state index is 5.85. The third kappa shape index (κ3) is 2.20. The quantitative estimate of drug-likeness (QED) is 0.692. The van der Waals surface area contributed by atoms with Gasteiger partial charge in [0.1, 0.15) is 0 Å². The molecule has 2 heteroatoms. The minimum absolute atomic E-state index is 0.597. The Morgan fingerprint density at radius 1 is 1.08 bits per heavy atom. The molecule has 0 radical (unpaired) electrons. The summed E-state index contributed by atoms with van der Waals surface area (Å²) in [5, 5.41) is 3.27. The average Bonchev–Trinajstić information content (AvgIpc) is 2.04. The molecule has 1 heterocycles. The molecular weight excluding hydrogens is 150 g/mol. The Bertz CT molecular complexity index is 128. The normalized spacial score (nSPS) is 27.0. The van der Waals surface area contributed by atoms with E-state index in [2.05, 4.69) is 5.32 Å². The molecule has 70 valence electrons. The van der Waals surface area contributed by atoms with Gasteiger partial charge < -0.3 is 10.1 Å². The highest BCUT2D eigenvalue weighted by molar-refractivity contribution is 4.75. The Morgan fingerprint density at radius 2 is 1.83 bits per heavy atom. The third-order valence-electron chi connectivity index (χ3n) is 2.99. The maximum absolute atomic E-state index is 5.85. The molecule has 1 aliphatic heterocycles. The van der Waals surface area contributed by atoms with Gasteiger partial charge in [-0.15, -0.1) is 0 Å². The average molecular weight is 169 g/mol. The van der Waals surface area contributed by atoms with E-state index >= 15 is 0 Å². The van der Waals surface area contributed by atoms with Crippen molar-refractivity contribution in [3.05, 3.63) is 0 Å². The lowest BCUT2D eigenvalue weighted by atomic mass is 9.97. The van der Waals surface area contributed by atoms with E-state index in [1.54, 1.807) is 0 Å². The lowest BCUT2D eigenvalue weighted by Gasteiger charge is -2.30. The molecule has 2 fully saturated rings. The van der Waals surface area contributed by atoms with E-state index in [1.807, 2.05) is 0 Å². The Kier molecular flexibility index (Phi) is 3.01. The van der Waals surface area contributed by atoms with E-state index in [-0.39, 0.29) is 0 Å². The van der Waals surface area contributed by atoms with Gasteiger partial charge in [-0.2, -0.15) is 0 Å². The first-order valence-electron chi connectivity index (χ1n) is 5.27. The van der Waals surface area contributed by atoms with Crippen LogP contribution in [0.1, 0.15) is 32.1 Å². The van der Waals surface area contributed by atoms with Gasteiger partial charge in [0.15, 0.2) is 0 Å². The predicted molar refractivity (Wildman–Crippen MR) is 49.2 cm³/mol. The van der Waals surface area contributed by atoms with Crippen LogP contribution < -0.4 is 5.32 Å². The van der Waals surface area contributed by atoms with Crippen LogP contribution in [0, 0.1) is 5.92 Å². The van der Waals surface area contributed by atoms with E-state index in [0.29, 0.717) is 6.10 Å². The highest BCUT2D eigenvalue weighted by Crippen LogP contribution is 2.21. The van der Waals surface area contributed by atoms with Crippen molar-refractivity contribution in [2.24, 2.45) is 5.92 Å². The van der Waals surface area contributed by atoms with Crippen LogP contribution in [0.2, 0.25) is 0 Å². The molecule has 2 rings (SSSR count). The number of rotatable bonds is 3. The first-order chi connectivity index (χ1) is 5.95. The van der Waals surface area contributed by atoms with Gasteiger partial charge >= 0.3 is 0 Å². The zero-order valence-electron chi connectivity index (χ0n) is 7.72. The molecular formula is C10H19NO. The zero-order chi connectivity index (χ0) is 8.23. The lowest BCUT2D eigenvalue weighted by molar-refractivity contribution is -0.00171. The van der Waals surface area contributed by atoms with E-state index in [1.165, 1.54) is 45.2 Å². The Morgan fingerprint density at radius 3 is 2.42 bits per heavy atom. The summed E-state index contributed by atoms with van der Waals surface area (Å²) in [5.41, 5.74) is 0. The van der Waals surface area contributed by atoms with Crippen molar-refractivity contribution in [1.82, 2.24) is 5.32 Å². The van der Waals surface area contributed by atoms with Gasteiger partial charge in [0.05, 0.1) is 12.7 Å². The molecule has 0 bridgehead atoms. The molecule has 12 heavy (non-hydrogen) atoms. The second-order valence-electron chi connectivity index (χ2n) is 4.12. The summed E-state index contributed by atoms with van der Waals surface area (Å²) in [6, 6.07) is 0. The summed E-state index contributed by atoms with van der Waals surface area (Å²) in [4.78, 5) is 0. The fraction of sp³-hybridized carbons (Fsp3) is 1.00. The highest BCUT2D eigenvalue weighted by Gasteiger charge is 2.20. The van der Waals surface area contributed by atoms with Crippen molar-refractivity contribution in [2.45, 2.75) is 38.2 Å². The number of ether oxygens (including phenoxy) is 1. The van der Waals surface area contributed by atoms with Gasteiger partial charge in [0, 0.05) is 19.0 Å². The fourth-order valence-electron chi connectivity index (χ4n) is 1.97. The van der Waals surface area contributed by atoms with Gasteiger partial charge in [-0.3, -0.25) is 0 Å². The van der Waals surface area contributed by atoms with E-state index < -0.39 is 0 Å². The molecule has 0 amide bonds. The van der Waals surface area contributed by atoms with Crippen molar-refractivity contribution in [3.8, 4) is 0 Å². The molecule has 0 aromatic heterocycles. The third-order valence-corrected chi connectivity index (χ3v) is 2.99. The molecule has 1 saturated carbocycles. The van der Waals surface area contributed by atoms with E-state index in [9.17, 15) is 0 Å². The summed E-state index contributed by atoms with van der Waals surface area (Å²) < 4.78 is 5.85. The molecule has 0 aromatic carbocycles. The van der Waals surface area contributed by atoms with Crippen LogP contribution in [0.3, 0.4) is 0 Å². The van der Waals surface area contributed by atoms with Crippen molar-refractivity contribution in [1.29, 1.82) is 0 Å². The number of nitrogens with one attached hydrogen (secondary N) is 1. The SMILES string of the molecule is C1CCC(OCC2CNC2)CC1. The Balaban J connectivity index is 1.58. The molecule has 0 unspecified atom stereocenters. The Hall–Kier alpha value is -0.0800. The summed E-state index contributed by atoms with van der Waals surface area (Å²) >= 11 is 0. The minimum Gasteiger partial charge on any atom is -0.378 e. The number of hydrogen-bond acceptors (Lipinski definition) is 2. The van der Waals surface area contributed by atoms with Gasteiger partial charge in [-0.25, -0.2) is 0 Å². The predicted octanol–water partition coefficient (Wildman–Crippen LogP) is 1.56. The van der Waals surface area contributed by atoms with E-state index in [4.69, 9.17) is 4.74 Å². The van der Waals surface area contributed by atoms with Crippen LogP contribution >= 0.6 is 0 Å². The van der Waals surface area contributed by atoms with Crippen molar-refractivity contribution < 1.29 is 4.74 Å². The molecule has 1 saturated heterocycles. The molecule has 2 aliphatic rings. The van der Waals surface area contributed by atoms with Crippen LogP contribution in [0.15, 0.2) is 0 Å². The lowest BCUT2D eigenvalue weighted by Crippen LogP contribution is -2.45. The van der Waals surface area contributed by atoms with Crippen LogP contribution in [0.25, 0.3) is 0 Å². The van der Waals surface area contributed by atoms with Crippen molar-refractivity contribution in [3.63, 3.8) is 0 Å². The monoisotopic (exact) mass is 169 g/mol. The fourth-order valence-corrected chi connectivity index (χ4v) is 1.97. The summed E-state index contributed by atoms with van der Waals surface area (Å²) in [7, 11) is 0. The van der Waals surface area contributed by atoms with Crippen LogP contribution in [0.5, 0.6) is 0 Å². The highest BCUT2D eigenvalue weighted by atomic mass is 16.5. The molecule has 0 atom stereocenters. The molecule has 0 spiro atoms.